The quantitative estimate of drug-likeness (QED) is 0.192. The van der Waals surface area contributed by atoms with Crippen molar-refractivity contribution in [2.45, 2.75) is 97.3 Å². The molecule has 0 saturated heterocycles. The van der Waals surface area contributed by atoms with Crippen molar-refractivity contribution in [2.24, 2.45) is 11.8 Å². The summed E-state index contributed by atoms with van der Waals surface area (Å²) in [5.74, 6) is 1.44. The van der Waals surface area contributed by atoms with E-state index in [9.17, 15) is 4.79 Å². The number of rotatable bonds is 12. The number of benzene rings is 1. The number of carbonyl (C=O) groups excluding carboxylic acids is 1. The smallest absolute Gasteiger partial charge is 0.314 e. The molecule has 1 saturated carbocycles. The van der Waals surface area contributed by atoms with E-state index in [0.29, 0.717) is 5.75 Å². The van der Waals surface area contributed by atoms with Crippen molar-refractivity contribution in [1.82, 2.24) is 4.98 Å². The van der Waals surface area contributed by atoms with Gasteiger partial charge in [-0.25, -0.2) is 0 Å². The van der Waals surface area contributed by atoms with Crippen LogP contribution >= 0.6 is 0 Å². The van der Waals surface area contributed by atoms with Gasteiger partial charge in [-0.05, 0) is 80.3 Å². The number of ether oxygens (including phenoxy) is 1. The van der Waals surface area contributed by atoms with Gasteiger partial charge in [-0.15, -0.1) is 0 Å². The molecule has 0 radical (unpaired) electrons. The van der Waals surface area contributed by atoms with Gasteiger partial charge in [-0.3, -0.25) is 9.78 Å². The molecule has 3 nitrogen and oxygen atoms in total. The number of carbonyl (C=O) groups is 1. The Hall–Kier alpha value is -2.16. The second-order valence-electron chi connectivity index (χ2n) is 9.52. The van der Waals surface area contributed by atoms with Crippen molar-refractivity contribution in [1.29, 1.82) is 0 Å². The highest BCUT2D eigenvalue weighted by Crippen LogP contribution is 2.33. The van der Waals surface area contributed by atoms with Gasteiger partial charge in [0, 0.05) is 11.8 Å². The van der Waals surface area contributed by atoms with E-state index in [1.807, 2.05) is 30.5 Å². The second-order valence-corrected chi connectivity index (χ2v) is 9.52. The van der Waals surface area contributed by atoms with Gasteiger partial charge in [-0.1, -0.05) is 64.9 Å². The van der Waals surface area contributed by atoms with Crippen LogP contribution in [0.25, 0.3) is 11.3 Å². The lowest BCUT2D eigenvalue weighted by atomic mass is 9.80. The van der Waals surface area contributed by atoms with E-state index in [1.54, 1.807) is 0 Å². The number of aromatic nitrogens is 1. The molecule has 1 aromatic carbocycles. The Balaban J connectivity index is 1.45. The zero-order valence-corrected chi connectivity index (χ0v) is 20.2. The van der Waals surface area contributed by atoms with Gasteiger partial charge in [0.2, 0.25) is 0 Å². The number of nitrogens with zero attached hydrogens (tertiary/aromatic N) is 1. The predicted octanol–water partition coefficient (Wildman–Crippen LogP) is 8.16. The minimum Gasteiger partial charge on any atom is -0.426 e. The molecule has 1 fully saturated rings. The molecule has 3 heteroatoms. The Morgan fingerprint density at radius 3 is 2.25 bits per heavy atom. The lowest BCUT2D eigenvalue weighted by Gasteiger charge is -2.27. The lowest BCUT2D eigenvalue weighted by molar-refractivity contribution is -0.140. The van der Waals surface area contributed by atoms with E-state index in [-0.39, 0.29) is 11.9 Å². The monoisotopic (exact) mass is 435 g/mol. The van der Waals surface area contributed by atoms with Crippen molar-refractivity contribution in [3.8, 4) is 17.0 Å². The van der Waals surface area contributed by atoms with Gasteiger partial charge in [0.25, 0.3) is 0 Å². The topological polar surface area (TPSA) is 39.2 Å². The van der Waals surface area contributed by atoms with Gasteiger partial charge in [0.05, 0.1) is 11.6 Å². The average Bonchev–Trinajstić information content (AvgIpc) is 2.84. The molecule has 1 aliphatic carbocycles. The first-order chi connectivity index (χ1) is 15.7. The largest absolute Gasteiger partial charge is 0.426 e. The molecular formula is C29H41NO2. The van der Waals surface area contributed by atoms with Crippen LogP contribution in [0.3, 0.4) is 0 Å². The zero-order valence-electron chi connectivity index (χ0n) is 20.2. The molecule has 3 rings (SSSR count). The summed E-state index contributed by atoms with van der Waals surface area (Å²) in [7, 11) is 0. The van der Waals surface area contributed by atoms with E-state index in [0.717, 1.165) is 36.4 Å². The molecule has 0 atom stereocenters. The average molecular weight is 436 g/mol. The van der Waals surface area contributed by atoms with Crippen LogP contribution in [0, 0.1) is 11.8 Å². The van der Waals surface area contributed by atoms with E-state index >= 15 is 0 Å². The van der Waals surface area contributed by atoms with Crippen LogP contribution < -0.4 is 4.74 Å². The maximum absolute atomic E-state index is 12.6. The van der Waals surface area contributed by atoms with Crippen LogP contribution in [-0.4, -0.2) is 11.0 Å². The van der Waals surface area contributed by atoms with Gasteiger partial charge in [0.15, 0.2) is 0 Å². The van der Waals surface area contributed by atoms with Crippen LogP contribution in [0.15, 0.2) is 42.6 Å². The third kappa shape index (κ3) is 7.76. The maximum atomic E-state index is 12.6. The number of hydrogen-bond acceptors (Lipinski definition) is 3. The molecule has 1 aliphatic rings. The van der Waals surface area contributed by atoms with E-state index in [2.05, 4.69) is 31.0 Å². The van der Waals surface area contributed by atoms with Gasteiger partial charge >= 0.3 is 5.97 Å². The standard InChI is InChI=1S/C29H41NO2/c1-3-5-7-8-9-11-24-14-21-28(30-22-24)25-17-19-27(20-18-25)32-29(31)26-15-12-23(13-16-26)10-6-4-2/h14,17-23,26H,3-13,15-16H2,1-2H3. The van der Waals surface area contributed by atoms with Crippen LogP contribution in [0.1, 0.15) is 96.5 Å². The Morgan fingerprint density at radius 1 is 0.875 bits per heavy atom. The Morgan fingerprint density at radius 2 is 1.59 bits per heavy atom. The predicted molar refractivity (Wildman–Crippen MR) is 133 cm³/mol. The highest BCUT2D eigenvalue weighted by molar-refractivity contribution is 5.75. The Kier molecular flexibility index (Phi) is 10.3. The summed E-state index contributed by atoms with van der Waals surface area (Å²) in [4.78, 5) is 17.2. The normalized spacial score (nSPS) is 18.4. The molecule has 0 aliphatic heterocycles. The van der Waals surface area contributed by atoms with Gasteiger partial charge < -0.3 is 4.74 Å². The van der Waals surface area contributed by atoms with Crippen LogP contribution in [0.2, 0.25) is 0 Å². The summed E-state index contributed by atoms with van der Waals surface area (Å²) < 4.78 is 5.69. The number of aryl methyl sites for hydroxylation is 1. The summed E-state index contributed by atoms with van der Waals surface area (Å²) >= 11 is 0. The highest BCUT2D eigenvalue weighted by Gasteiger charge is 2.27. The van der Waals surface area contributed by atoms with Crippen molar-refractivity contribution in [3.63, 3.8) is 0 Å². The summed E-state index contributed by atoms with van der Waals surface area (Å²) in [6, 6.07) is 12.1. The zero-order chi connectivity index (χ0) is 22.6. The molecule has 0 N–H and O–H groups in total. The third-order valence-corrected chi connectivity index (χ3v) is 6.91. The Bertz CT molecular complexity index is 789. The first-order valence-electron chi connectivity index (χ1n) is 13.0. The maximum Gasteiger partial charge on any atom is 0.314 e. The first-order valence-corrected chi connectivity index (χ1v) is 13.0. The van der Waals surface area contributed by atoms with Crippen LogP contribution in [0.5, 0.6) is 5.75 Å². The molecule has 0 spiro atoms. The number of unbranched alkanes of at least 4 members (excludes halogenated alkanes) is 5. The molecular weight excluding hydrogens is 394 g/mol. The van der Waals surface area contributed by atoms with E-state index in [4.69, 9.17) is 4.74 Å². The number of hydrogen-bond donors (Lipinski definition) is 0. The molecule has 1 heterocycles. The van der Waals surface area contributed by atoms with Gasteiger partial charge in [0.1, 0.15) is 5.75 Å². The van der Waals surface area contributed by atoms with Crippen LogP contribution in [0.4, 0.5) is 0 Å². The van der Waals surface area contributed by atoms with Crippen molar-refractivity contribution < 1.29 is 9.53 Å². The summed E-state index contributed by atoms with van der Waals surface area (Å²) in [5, 5.41) is 0. The number of esters is 1. The minimum absolute atomic E-state index is 0.0590. The molecule has 32 heavy (non-hydrogen) atoms. The SMILES string of the molecule is CCCCCCCc1ccc(-c2ccc(OC(=O)C3CCC(CCCC)CC3)cc2)nc1. The van der Waals surface area contributed by atoms with Crippen LogP contribution in [-0.2, 0) is 11.2 Å². The van der Waals surface area contributed by atoms with Gasteiger partial charge in [-0.2, -0.15) is 0 Å². The first kappa shape index (κ1) is 24.5. The lowest BCUT2D eigenvalue weighted by Crippen LogP contribution is -2.25. The summed E-state index contributed by atoms with van der Waals surface area (Å²) in [6.07, 6.45) is 17.8. The van der Waals surface area contributed by atoms with E-state index < -0.39 is 0 Å². The van der Waals surface area contributed by atoms with Crippen molar-refractivity contribution >= 4 is 5.97 Å². The molecule has 0 unspecified atom stereocenters. The molecule has 1 aromatic heterocycles. The molecule has 0 amide bonds. The van der Waals surface area contributed by atoms with E-state index in [1.165, 1.54) is 69.8 Å². The summed E-state index contributed by atoms with van der Waals surface area (Å²) in [6.45, 7) is 4.50. The minimum atomic E-state index is -0.0619. The second kappa shape index (κ2) is 13.4. The summed E-state index contributed by atoms with van der Waals surface area (Å²) in [5.41, 5.74) is 3.32. The highest BCUT2D eigenvalue weighted by atomic mass is 16.5. The van der Waals surface area contributed by atoms with Crippen molar-refractivity contribution in [2.75, 3.05) is 0 Å². The third-order valence-electron chi connectivity index (χ3n) is 6.91. The molecule has 174 valence electrons. The fourth-order valence-corrected chi connectivity index (χ4v) is 4.75. The molecule has 0 bridgehead atoms. The van der Waals surface area contributed by atoms with Crippen molar-refractivity contribution in [3.05, 3.63) is 48.2 Å². The fourth-order valence-electron chi connectivity index (χ4n) is 4.75. The fraction of sp³-hybridized carbons (Fsp3) is 0.586. The molecule has 2 aromatic rings. The Labute approximate surface area is 195 Å². The number of pyridine rings is 1.